The standard InChI is InChI=1S/C25H26O3/c1-4-17-18-11-9-16(13-15(18)10-12-19(17)24(27)28)21-14-25(2,3)22-8-6-5-7-20(22)23(21)26/h5-13,21,23,26H,4,14H2,1-3H3,(H,27,28). The van der Waals surface area contributed by atoms with Gasteiger partial charge in [0.15, 0.2) is 0 Å². The second kappa shape index (κ2) is 6.75. The Morgan fingerprint density at radius 3 is 2.57 bits per heavy atom. The Morgan fingerprint density at radius 2 is 1.86 bits per heavy atom. The maximum Gasteiger partial charge on any atom is 0.335 e. The number of aryl methyl sites for hydroxylation is 1. The van der Waals surface area contributed by atoms with E-state index >= 15 is 0 Å². The summed E-state index contributed by atoms with van der Waals surface area (Å²) in [6.07, 6.45) is 1.00. The highest BCUT2D eigenvalue weighted by molar-refractivity contribution is 5.98. The molecule has 0 amide bonds. The number of carboxylic acids is 1. The Balaban J connectivity index is 1.82. The molecule has 28 heavy (non-hydrogen) atoms. The van der Waals surface area contributed by atoms with Gasteiger partial charge in [-0.3, -0.25) is 0 Å². The molecule has 0 heterocycles. The van der Waals surface area contributed by atoms with Gasteiger partial charge in [0.25, 0.3) is 0 Å². The van der Waals surface area contributed by atoms with Gasteiger partial charge in [0, 0.05) is 5.92 Å². The number of aliphatic hydroxyl groups is 1. The van der Waals surface area contributed by atoms with Crippen molar-refractivity contribution in [3.05, 3.63) is 82.4 Å². The summed E-state index contributed by atoms with van der Waals surface area (Å²) in [6, 6.07) is 18.0. The molecule has 3 heteroatoms. The normalized spacial score (nSPS) is 20.7. The van der Waals surface area contributed by atoms with Gasteiger partial charge in [0.2, 0.25) is 0 Å². The fourth-order valence-electron chi connectivity index (χ4n) is 4.88. The summed E-state index contributed by atoms with van der Waals surface area (Å²) in [5.41, 5.74) is 4.56. The number of hydrogen-bond acceptors (Lipinski definition) is 2. The van der Waals surface area contributed by atoms with Gasteiger partial charge in [-0.1, -0.05) is 69.3 Å². The number of aromatic carboxylic acids is 1. The zero-order valence-electron chi connectivity index (χ0n) is 16.6. The molecule has 0 aromatic heterocycles. The van der Waals surface area contributed by atoms with Crippen LogP contribution in [-0.4, -0.2) is 16.2 Å². The molecule has 2 N–H and O–H groups in total. The number of rotatable bonds is 3. The molecule has 0 radical (unpaired) electrons. The van der Waals surface area contributed by atoms with E-state index in [2.05, 4.69) is 32.0 Å². The lowest BCUT2D eigenvalue weighted by Crippen LogP contribution is -2.31. The smallest absolute Gasteiger partial charge is 0.335 e. The minimum absolute atomic E-state index is 0.0125. The maximum atomic E-state index is 11.5. The highest BCUT2D eigenvalue weighted by atomic mass is 16.4. The van der Waals surface area contributed by atoms with Gasteiger partial charge in [-0.05, 0) is 57.3 Å². The van der Waals surface area contributed by atoms with Crippen molar-refractivity contribution >= 4 is 16.7 Å². The van der Waals surface area contributed by atoms with Gasteiger partial charge in [0.1, 0.15) is 0 Å². The second-order valence-electron chi connectivity index (χ2n) is 8.46. The third kappa shape index (κ3) is 2.91. The number of hydrogen-bond donors (Lipinski definition) is 2. The minimum Gasteiger partial charge on any atom is -0.478 e. The van der Waals surface area contributed by atoms with Crippen LogP contribution in [0.3, 0.4) is 0 Å². The van der Waals surface area contributed by atoms with E-state index in [9.17, 15) is 15.0 Å². The number of benzene rings is 3. The fourth-order valence-corrected chi connectivity index (χ4v) is 4.88. The van der Waals surface area contributed by atoms with Crippen LogP contribution in [0.4, 0.5) is 0 Å². The molecule has 1 aliphatic rings. The molecule has 2 unspecified atom stereocenters. The van der Waals surface area contributed by atoms with Crippen LogP contribution in [-0.2, 0) is 11.8 Å². The van der Waals surface area contributed by atoms with Crippen LogP contribution in [0.15, 0.2) is 54.6 Å². The van der Waals surface area contributed by atoms with Crippen molar-refractivity contribution < 1.29 is 15.0 Å². The van der Waals surface area contributed by atoms with Crippen molar-refractivity contribution in [2.45, 2.75) is 51.0 Å². The molecule has 0 saturated carbocycles. The van der Waals surface area contributed by atoms with Crippen LogP contribution >= 0.6 is 0 Å². The highest BCUT2D eigenvalue weighted by Gasteiger charge is 2.39. The quantitative estimate of drug-likeness (QED) is 0.627. The lowest BCUT2D eigenvalue weighted by Gasteiger charge is -2.41. The van der Waals surface area contributed by atoms with E-state index in [1.54, 1.807) is 6.07 Å². The van der Waals surface area contributed by atoms with Crippen LogP contribution in [0.2, 0.25) is 0 Å². The topological polar surface area (TPSA) is 57.5 Å². The molecule has 3 aromatic rings. The summed E-state index contributed by atoms with van der Waals surface area (Å²) in [4.78, 5) is 11.5. The zero-order valence-corrected chi connectivity index (χ0v) is 16.6. The molecule has 0 fully saturated rings. The lowest BCUT2D eigenvalue weighted by atomic mass is 9.65. The van der Waals surface area contributed by atoms with Gasteiger partial charge < -0.3 is 10.2 Å². The molecule has 0 aliphatic heterocycles. The number of carbonyl (C=O) groups is 1. The summed E-state index contributed by atoms with van der Waals surface area (Å²) < 4.78 is 0. The number of carboxylic acid groups (broad SMARTS) is 1. The van der Waals surface area contributed by atoms with Crippen molar-refractivity contribution in [2.24, 2.45) is 0 Å². The average Bonchev–Trinajstić information content (AvgIpc) is 2.69. The molecular weight excluding hydrogens is 348 g/mol. The molecule has 1 aliphatic carbocycles. The van der Waals surface area contributed by atoms with Crippen molar-refractivity contribution in [2.75, 3.05) is 0 Å². The molecule has 2 atom stereocenters. The Bertz CT molecular complexity index is 1060. The van der Waals surface area contributed by atoms with E-state index in [0.717, 1.165) is 33.9 Å². The van der Waals surface area contributed by atoms with Gasteiger partial charge in [-0.25, -0.2) is 4.79 Å². The van der Waals surface area contributed by atoms with E-state index in [-0.39, 0.29) is 11.3 Å². The fraction of sp³-hybridized carbons (Fsp3) is 0.320. The van der Waals surface area contributed by atoms with E-state index in [1.807, 2.05) is 37.3 Å². The number of fused-ring (bicyclic) bond motifs is 2. The lowest BCUT2D eigenvalue weighted by molar-refractivity contribution is 0.0696. The Hall–Kier alpha value is -2.65. The monoisotopic (exact) mass is 374 g/mol. The van der Waals surface area contributed by atoms with Crippen LogP contribution in [0.1, 0.15) is 71.8 Å². The largest absolute Gasteiger partial charge is 0.478 e. The molecule has 0 bridgehead atoms. The first-order valence-electron chi connectivity index (χ1n) is 9.90. The van der Waals surface area contributed by atoms with E-state index in [1.165, 1.54) is 5.56 Å². The van der Waals surface area contributed by atoms with E-state index in [4.69, 9.17) is 0 Å². The molecule has 3 nitrogen and oxygen atoms in total. The molecule has 0 spiro atoms. The molecule has 4 rings (SSSR count). The van der Waals surface area contributed by atoms with Gasteiger partial charge in [-0.15, -0.1) is 0 Å². The third-order valence-corrected chi connectivity index (χ3v) is 6.29. The Labute approximate surface area is 165 Å². The zero-order chi connectivity index (χ0) is 20.1. The third-order valence-electron chi connectivity index (χ3n) is 6.29. The average molecular weight is 374 g/mol. The Kier molecular flexibility index (Phi) is 4.51. The van der Waals surface area contributed by atoms with Crippen molar-refractivity contribution in [1.29, 1.82) is 0 Å². The summed E-state index contributed by atoms with van der Waals surface area (Å²) in [7, 11) is 0. The predicted octanol–water partition coefficient (Wildman–Crippen LogP) is 5.60. The van der Waals surface area contributed by atoms with Crippen molar-refractivity contribution in [3.63, 3.8) is 0 Å². The van der Waals surface area contributed by atoms with Crippen LogP contribution in [0.25, 0.3) is 10.8 Å². The highest BCUT2D eigenvalue weighted by Crippen LogP contribution is 2.49. The maximum absolute atomic E-state index is 11.5. The molecular formula is C25H26O3. The van der Waals surface area contributed by atoms with Crippen molar-refractivity contribution in [1.82, 2.24) is 0 Å². The molecule has 3 aromatic carbocycles. The first-order valence-corrected chi connectivity index (χ1v) is 9.90. The molecule has 144 valence electrons. The Morgan fingerprint density at radius 1 is 1.11 bits per heavy atom. The van der Waals surface area contributed by atoms with Crippen LogP contribution < -0.4 is 0 Å². The van der Waals surface area contributed by atoms with Crippen LogP contribution in [0.5, 0.6) is 0 Å². The van der Waals surface area contributed by atoms with Gasteiger partial charge in [-0.2, -0.15) is 0 Å². The second-order valence-corrected chi connectivity index (χ2v) is 8.46. The van der Waals surface area contributed by atoms with E-state index in [0.29, 0.717) is 12.0 Å². The summed E-state index contributed by atoms with van der Waals surface area (Å²) in [6.45, 7) is 6.46. The van der Waals surface area contributed by atoms with E-state index < -0.39 is 12.1 Å². The first kappa shape index (κ1) is 18.7. The minimum atomic E-state index is -0.885. The van der Waals surface area contributed by atoms with Gasteiger partial charge in [0.05, 0.1) is 11.7 Å². The van der Waals surface area contributed by atoms with Crippen LogP contribution in [0, 0.1) is 0 Å². The predicted molar refractivity (Wildman–Crippen MR) is 112 cm³/mol. The summed E-state index contributed by atoms with van der Waals surface area (Å²) in [5.74, 6) is -0.873. The summed E-state index contributed by atoms with van der Waals surface area (Å²) >= 11 is 0. The SMILES string of the molecule is CCc1c(C(=O)O)ccc2cc(C3CC(C)(C)c4ccccc4C3O)ccc12. The van der Waals surface area contributed by atoms with Gasteiger partial charge >= 0.3 is 5.97 Å². The van der Waals surface area contributed by atoms with Crippen molar-refractivity contribution in [3.8, 4) is 0 Å². The summed E-state index contributed by atoms with van der Waals surface area (Å²) in [5, 5.41) is 22.6. The molecule has 0 saturated heterocycles. The number of aliphatic hydroxyl groups excluding tert-OH is 1. The first-order chi connectivity index (χ1) is 13.3.